The predicted octanol–water partition coefficient (Wildman–Crippen LogP) is 4.68. The molecule has 3 amide bonds. The Kier molecular flexibility index (Phi) is 8.58. The first-order valence-corrected chi connectivity index (χ1v) is 17.4. The lowest BCUT2D eigenvalue weighted by Gasteiger charge is -2.31. The lowest BCUT2D eigenvalue weighted by Crippen LogP contribution is -2.32. The maximum Gasteiger partial charge on any atom is 0.416 e. The number of H-pyrrole nitrogens is 1. The fourth-order valence-corrected chi connectivity index (χ4v) is 8.79. The number of benzene rings is 3. The molecule has 2 aliphatic heterocycles. The Hall–Kier alpha value is -3.97. The molecule has 18 heteroatoms. The lowest BCUT2D eigenvalue weighted by molar-refractivity contribution is -0.137. The third-order valence-electron chi connectivity index (χ3n) is 7.39. The number of alkyl halides is 3. The molecule has 0 saturated carbocycles. The average Bonchev–Trinajstić information content (AvgIpc) is 3.49. The topological polar surface area (TPSA) is 169 Å². The fourth-order valence-electron chi connectivity index (χ4n) is 5.39. The number of aromatic nitrogens is 1. The Morgan fingerprint density at radius 1 is 1.04 bits per heavy atom. The second-order valence-electron chi connectivity index (χ2n) is 10.4. The van der Waals surface area contributed by atoms with Gasteiger partial charge in [0.05, 0.1) is 27.1 Å². The van der Waals surface area contributed by atoms with Gasteiger partial charge in [-0.3, -0.25) is 19.2 Å². The van der Waals surface area contributed by atoms with Crippen molar-refractivity contribution in [2.75, 3.05) is 16.8 Å². The van der Waals surface area contributed by atoms with Crippen molar-refractivity contribution in [3.8, 4) is 5.75 Å². The number of amides is 3. The lowest BCUT2D eigenvalue weighted by atomic mass is 9.82. The SMILES string of the molecule is NS(=O)(=O)c1ccc(NC(=O)COc2ccc(Br)cc2[C@@H]2c3sc(=O)[nH]c3S[C@H]3C(=O)N(c4cccc(C(F)(F)F)c4)C(=O)[C@@H]23)cc1. The third-order valence-corrected chi connectivity index (χ3v) is 11.2. The van der Waals surface area contributed by atoms with Crippen LogP contribution in [0.4, 0.5) is 24.5 Å². The zero-order chi connectivity index (χ0) is 33.8. The van der Waals surface area contributed by atoms with Crippen LogP contribution in [0.5, 0.6) is 5.75 Å². The summed E-state index contributed by atoms with van der Waals surface area (Å²) < 4.78 is 69.9. The van der Waals surface area contributed by atoms with Crippen LogP contribution in [-0.4, -0.2) is 43.0 Å². The second kappa shape index (κ2) is 12.2. The van der Waals surface area contributed by atoms with Crippen LogP contribution in [-0.2, 0) is 30.6 Å². The molecule has 11 nitrogen and oxygen atoms in total. The molecule has 0 bridgehead atoms. The summed E-state index contributed by atoms with van der Waals surface area (Å²) in [6, 6.07) is 13.8. The Labute approximate surface area is 280 Å². The molecule has 2 aliphatic rings. The van der Waals surface area contributed by atoms with Crippen molar-refractivity contribution in [2.45, 2.75) is 27.3 Å². The van der Waals surface area contributed by atoms with Crippen molar-refractivity contribution in [3.05, 3.63) is 96.9 Å². The maximum absolute atomic E-state index is 14.0. The highest BCUT2D eigenvalue weighted by Crippen LogP contribution is 2.55. The van der Waals surface area contributed by atoms with E-state index in [1.165, 1.54) is 36.4 Å². The van der Waals surface area contributed by atoms with Gasteiger partial charge in [0.15, 0.2) is 6.61 Å². The van der Waals surface area contributed by atoms with E-state index >= 15 is 0 Å². The quantitative estimate of drug-likeness (QED) is 0.228. The number of thioether (sulfide) groups is 1. The van der Waals surface area contributed by atoms with Crippen LogP contribution in [0.1, 0.15) is 21.9 Å². The van der Waals surface area contributed by atoms with Crippen molar-refractivity contribution in [1.82, 2.24) is 4.98 Å². The van der Waals surface area contributed by atoms with E-state index in [4.69, 9.17) is 9.88 Å². The van der Waals surface area contributed by atoms with Gasteiger partial charge in [-0.05, 0) is 60.7 Å². The summed E-state index contributed by atoms with van der Waals surface area (Å²) in [4.78, 5) is 56.3. The largest absolute Gasteiger partial charge is 0.483 e. The maximum atomic E-state index is 14.0. The summed E-state index contributed by atoms with van der Waals surface area (Å²) in [5.41, 5.74) is -0.650. The molecule has 3 aromatic carbocycles. The number of nitrogens with two attached hydrogens (primary N) is 1. The first kappa shape index (κ1) is 33.0. The van der Waals surface area contributed by atoms with Gasteiger partial charge in [-0.1, -0.05) is 45.1 Å². The molecular formula is C29H20BrF3N4O7S3. The van der Waals surface area contributed by atoms with Gasteiger partial charge in [0, 0.05) is 26.5 Å². The van der Waals surface area contributed by atoms with Gasteiger partial charge in [-0.25, -0.2) is 18.5 Å². The number of sulfonamides is 1. The predicted molar refractivity (Wildman–Crippen MR) is 170 cm³/mol. The van der Waals surface area contributed by atoms with Crippen LogP contribution < -0.4 is 25.0 Å². The summed E-state index contributed by atoms with van der Waals surface area (Å²) in [5, 5.41) is 6.92. The van der Waals surface area contributed by atoms with Crippen molar-refractivity contribution in [1.29, 1.82) is 0 Å². The number of nitrogens with zero attached hydrogens (tertiary/aromatic N) is 1. The van der Waals surface area contributed by atoms with Crippen molar-refractivity contribution >= 4 is 78.1 Å². The van der Waals surface area contributed by atoms with Gasteiger partial charge in [-0.15, -0.1) is 0 Å². The molecule has 4 N–H and O–H groups in total. The summed E-state index contributed by atoms with van der Waals surface area (Å²) in [7, 11) is -3.93. The molecule has 4 aromatic rings. The number of halogens is 4. The number of hydrogen-bond acceptors (Lipinski definition) is 9. The van der Waals surface area contributed by atoms with Crippen LogP contribution in [0.2, 0.25) is 0 Å². The van der Waals surface area contributed by atoms with Gasteiger partial charge < -0.3 is 15.0 Å². The number of aromatic amines is 1. The standard InChI is InChI=1S/C29H20BrF3N4O7S3/c30-14-4-9-19(44-12-20(38)35-15-5-7-17(8-6-15)47(34,42)43)18(11-14)21-22-24(45-25-23(21)46-28(41)36-25)27(40)37(26(22)39)16-3-1-2-13(10-16)29(31,32)33/h1-11,21-22,24H,12H2,(H,35,38)(H,36,41)(H2,34,42,43)/t21-,22-,24+/m0/s1. The highest BCUT2D eigenvalue weighted by molar-refractivity contribution is 9.10. The number of carbonyl (C=O) groups is 3. The van der Waals surface area contributed by atoms with E-state index in [0.717, 1.165) is 46.2 Å². The van der Waals surface area contributed by atoms with E-state index < -0.39 is 68.1 Å². The molecule has 1 saturated heterocycles. The number of primary sulfonamides is 1. The van der Waals surface area contributed by atoms with E-state index in [0.29, 0.717) is 19.9 Å². The Balaban J connectivity index is 1.33. The van der Waals surface area contributed by atoms with Crippen molar-refractivity contribution < 1.29 is 40.7 Å². The molecule has 47 heavy (non-hydrogen) atoms. The number of ether oxygens (including phenoxy) is 1. The van der Waals surface area contributed by atoms with Gasteiger partial charge in [0.25, 0.3) is 5.91 Å². The van der Waals surface area contributed by atoms with E-state index in [-0.39, 0.29) is 22.0 Å². The van der Waals surface area contributed by atoms with Crippen molar-refractivity contribution in [3.63, 3.8) is 0 Å². The second-order valence-corrected chi connectivity index (χ2v) is 15.0. The van der Waals surface area contributed by atoms with Gasteiger partial charge in [0.2, 0.25) is 21.8 Å². The van der Waals surface area contributed by atoms with E-state index in [2.05, 4.69) is 26.2 Å². The Morgan fingerprint density at radius 2 is 1.77 bits per heavy atom. The number of anilines is 2. The first-order chi connectivity index (χ1) is 22.1. The van der Waals surface area contributed by atoms with Gasteiger partial charge >= 0.3 is 11.0 Å². The summed E-state index contributed by atoms with van der Waals surface area (Å²) in [5.74, 6) is -4.05. The molecule has 0 radical (unpaired) electrons. The summed E-state index contributed by atoms with van der Waals surface area (Å²) >= 11 is 5.18. The monoisotopic (exact) mass is 768 g/mol. The normalized spacial score (nSPS) is 19.3. The highest BCUT2D eigenvalue weighted by Gasteiger charge is 2.57. The minimum Gasteiger partial charge on any atom is -0.483 e. The minimum absolute atomic E-state index is 0.145. The molecule has 1 aromatic heterocycles. The number of hydrogen-bond donors (Lipinski definition) is 3. The number of fused-ring (bicyclic) bond motifs is 2. The molecule has 0 aliphatic carbocycles. The van der Waals surface area contributed by atoms with E-state index in [9.17, 15) is 40.8 Å². The van der Waals surface area contributed by atoms with E-state index in [1.807, 2.05) is 0 Å². The third kappa shape index (κ3) is 6.47. The fraction of sp³-hybridized carbons (Fsp3) is 0.172. The molecule has 6 rings (SSSR count). The zero-order valence-electron chi connectivity index (χ0n) is 23.4. The van der Waals surface area contributed by atoms with Crippen LogP contribution in [0, 0.1) is 5.92 Å². The van der Waals surface area contributed by atoms with Crippen LogP contribution in [0.15, 0.2) is 85.9 Å². The number of carbonyl (C=O) groups excluding carboxylic acids is 3. The summed E-state index contributed by atoms with van der Waals surface area (Å²) in [6.07, 6.45) is -4.71. The summed E-state index contributed by atoms with van der Waals surface area (Å²) in [6.45, 7) is -0.527. The highest BCUT2D eigenvalue weighted by atomic mass is 79.9. The molecule has 3 atom stereocenters. The molecule has 0 spiro atoms. The number of nitrogens with one attached hydrogen (secondary N) is 2. The minimum atomic E-state index is -4.71. The van der Waals surface area contributed by atoms with Crippen LogP contribution in [0.25, 0.3) is 0 Å². The van der Waals surface area contributed by atoms with Crippen molar-refractivity contribution in [2.24, 2.45) is 11.1 Å². The Morgan fingerprint density at radius 3 is 2.45 bits per heavy atom. The molecule has 3 heterocycles. The van der Waals surface area contributed by atoms with E-state index in [1.54, 1.807) is 12.1 Å². The number of rotatable bonds is 7. The number of imide groups is 1. The molecule has 244 valence electrons. The van der Waals surface area contributed by atoms with Gasteiger partial charge in [0.1, 0.15) is 11.0 Å². The molecule has 0 unspecified atom stereocenters. The van der Waals surface area contributed by atoms with Gasteiger partial charge in [-0.2, -0.15) is 13.2 Å². The number of thiazole rings is 1. The average molecular weight is 770 g/mol. The Bertz CT molecular complexity index is 2100. The van der Waals surface area contributed by atoms with Crippen LogP contribution >= 0.6 is 39.0 Å². The molecular weight excluding hydrogens is 749 g/mol. The smallest absolute Gasteiger partial charge is 0.416 e. The van der Waals surface area contributed by atoms with Crippen LogP contribution in [0.3, 0.4) is 0 Å². The first-order valence-electron chi connectivity index (χ1n) is 13.4. The molecule has 1 fully saturated rings. The zero-order valence-corrected chi connectivity index (χ0v) is 27.4.